The van der Waals surface area contributed by atoms with Gasteiger partial charge in [0.2, 0.25) is 5.78 Å². The van der Waals surface area contributed by atoms with E-state index in [1.165, 1.54) is 0 Å². The Morgan fingerprint density at radius 3 is 3.00 bits per heavy atom. The van der Waals surface area contributed by atoms with Crippen LogP contribution < -0.4 is 5.73 Å². The van der Waals surface area contributed by atoms with Gasteiger partial charge in [-0.05, 0) is 25.1 Å². The molecule has 0 aliphatic rings. The van der Waals surface area contributed by atoms with E-state index in [-0.39, 0.29) is 0 Å². The van der Waals surface area contributed by atoms with Crippen molar-refractivity contribution in [1.82, 2.24) is 14.4 Å². The molecule has 4 heteroatoms. The summed E-state index contributed by atoms with van der Waals surface area (Å²) >= 11 is 0. The standard InChI is InChI=1S/C12H12N4/c1-2-5-9-11(13)16-10-7-4-3-6-8(10)14-12(16)15-9/h2-7H,13H2,1H3,(H,14,15)/b5-2-. The molecule has 0 radical (unpaired) electrons. The minimum Gasteiger partial charge on any atom is -0.383 e. The zero-order valence-corrected chi connectivity index (χ0v) is 8.94. The molecule has 3 aromatic rings. The van der Waals surface area contributed by atoms with Gasteiger partial charge in [0, 0.05) is 0 Å². The van der Waals surface area contributed by atoms with Crippen LogP contribution in [0.2, 0.25) is 0 Å². The molecule has 16 heavy (non-hydrogen) atoms. The van der Waals surface area contributed by atoms with Crippen molar-refractivity contribution in [2.24, 2.45) is 0 Å². The van der Waals surface area contributed by atoms with Crippen molar-refractivity contribution in [1.29, 1.82) is 0 Å². The van der Waals surface area contributed by atoms with E-state index < -0.39 is 0 Å². The maximum Gasteiger partial charge on any atom is 0.214 e. The number of nitrogens with one attached hydrogen (secondary N) is 1. The number of rotatable bonds is 1. The molecule has 80 valence electrons. The van der Waals surface area contributed by atoms with Crippen molar-refractivity contribution < 1.29 is 0 Å². The Hall–Kier alpha value is -2.23. The number of imidazole rings is 2. The third kappa shape index (κ3) is 1.07. The normalized spacial score (nSPS) is 12.1. The number of aromatic nitrogens is 3. The van der Waals surface area contributed by atoms with Crippen molar-refractivity contribution in [3.63, 3.8) is 0 Å². The van der Waals surface area contributed by atoms with Crippen molar-refractivity contribution >= 4 is 28.7 Å². The van der Waals surface area contributed by atoms with E-state index in [9.17, 15) is 0 Å². The van der Waals surface area contributed by atoms with Gasteiger partial charge < -0.3 is 10.7 Å². The topological polar surface area (TPSA) is 59.1 Å². The summed E-state index contributed by atoms with van der Waals surface area (Å²) in [6.45, 7) is 1.95. The van der Waals surface area contributed by atoms with Gasteiger partial charge in [0.05, 0.1) is 11.0 Å². The molecular weight excluding hydrogens is 200 g/mol. The van der Waals surface area contributed by atoms with Gasteiger partial charge in [-0.15, -0.1) is 0 Å². The zero-order valence-electron chi connectivity index (χ0n) is 8.94. The van der Waals surface area contributed by atoms with Gasteiger partial charge in [0.1, 0.15) is 11.5 Å². The van der Waals surface area contributed by atoms with Crippen molar-refractivity contribution in [2.45, 2.75) is 6.92 Å². The molecule has 2 aromatic heterocycles. The maximum absolute atomic E-state index is 6.06. The highest BCUT2D eigenvalue weighted by molar-refractivity contribution is 5.83. The largest absolute Gasteiger partial charge is 0.383 e. The monoisotopic (exact) mass is 212 g/mol. The van der Waals surface area contributed by atoms with E-state index in [1.54, 1.807) is 0 Å². The van der Waals surface area contributed by atoms with Gasteiger partial charge in [-0.25, -0.2) is 4.98 Å². The van der Waals surface area contributed by atoms with Crippen molar-refractivity contribution in [3.8, 4) is 0 Å². The van der Waals surface area contributed by atoms with Gasteiger partial charge in [0.25, 0.3) is 0 Å². The molecule has 0 aliphatic carbocycles. The van der Waals surface area contributed by atoms with Gasteiger partial charge in [-0.3, -0.25) is 4.40 Å². The number of benzene rings is 1. The van der Waals surface area contributed by atoms with Crippen LogP contribution in [-0.2, 0) is 0 Å². The number of H-pyrrole nitrogens is 1. The number of para-hydroxylation sites is 2. The summed E-state index contributed by atoms with van der Waals surface area (Å²) in [6, 6.07) is 8.01. The van der Waals surface area contributed by atoms with Crippen molar-refractivity contribution in [2.75, 3.05) is 5.73 Å². The lowest BCUT2D eigenvalue weighted by atomic mass is 10.3. The van der Waals surface area contributed by atoms with Gasteiger partial charge in [-0.2, -0.15) is 0 Å². The molecule has 0 aliphatic heterocycles. The molecule has 0 saturated heterocycles. The second-order valence-electron chi connectivity index (χ2n) is 3.68. The first-order chi connectivity index (χ1) is 7.81. The Bertz CT molecular complexity index is 687. The summed E-state index contributed by atoms with van der Waals surface area (Å²) in [7, 11) is 0. The fraction of sp³-hybridized carbons (Fsp3) is 0.0833. The molecule has 0 amide bonds. The van der Waals surface area contributed by atoms with Crippen LogP contribution in [0.3, 0.4) is 0 Å². The molecule has 0 unspecified atom stereocenters. The van der Waals surface area contributed by atoms with Crippen LogP contribution in [0.1, 0.15) is 12.6 Å². The van der Waals surface area contributed by atoms with Gasteiger partial charge in [-0.1, -0.05) is 18.2 Å². The molecule has 0 fully saturated rings. The van der Waals surface area contributed by atoms with Crippen LogP contribution in [0.5, 0.6) is 0 Å². The molecule has 4 nitrogen and oxygen atoms in total. The Kier molecular flexibility index (Phi) is 1.77. The number of fused-ring (bicyclic) bond motifs is 3. The number of allylic oxidation sites excluding steroid dienone is 1. The van der Waals surface area contributed by atoms with Crippen LogP contribution >= 0.6 is 0 Å². The SMILES string of the molecule is C/C=C\c1nc2[nH]c3ccccc3n2c1N. The van der Waals surface area contributed by atoms with Crippen LogP contribution in [-0.4, -0.2) is 14.4 Å². The Morgan fingerprint density at radius 2 is 2.19 bits per heavy atom. The average molecular weight is 212 g/mol. The number of nitrogens with zero attached hydrogens (tertiary/aromatic N) is 2. The number of nitrogen functional groups attached to an aromatic ring is 1. The smallest absolute Gasteiger partial charge is 0.214 e. The summed E-state index contributed by atoms with van der Waals surface area (Å²) in [5, 5.41) is 0. The van der Waals surface area contributed by atoms with Crippen LogP contribution in [0, 0.1) is 0 Å². The molecule has 0 saturated carbocycles. The zero-order chi connectivity index (χ0) is 11.1. The quantitative estimate of drug-likeness (QED) is 0.650. The highest BCUT2D eigenvalue weighted by Crippen LogP contribution is 2.22. The first-order valence-corrected chi connectivity index (χ1v) is 5.18. The van der Waals surface area contributed by atoms with E-state index in [0.717, 1.165) is 22.5 Å². The van der Waals surface area contributed by atoms with E-state index in [1.807, 2.05) is 47.7 Å². The van der Waals surface area contributed by atoms with Gasteiger partial charge >= 0.3 is 0 Å². The van der Waals surface area contributed by atoms with E-state index in [0.29, 0.717) is 5.82 Å². The predicted octanol–water partition coefficient (Wildman–Crippen LogP) is 2.43. The first-order valence-electron chi connectivity index (χ1n) is 5.18. The van der Waals surface area contributed by atoms with Crippen LogP contribution in [0.25, 0.3) is 22.9 Å². The number of nitrogens with two attached hydrogens (primary N) is 1. The predicted molar refractivity (Wildman–Crippen MR) is 66.2 cm³/mol. The lowest BCUT2D eigenvalue weighted by molar-refractivity contribution is 1.25. The molecule has 0 spiro atoms. The Labute approximate surface area is 92.4 Å². The summed E-state index contributed by atoms with van der Waals surface area (Å²) in [5.41, 5.74) is 8.97. The lowest BCUT2D eigenvalue weighted by Crippen LogP contribution is -1.92. The lowest BCUT2D eigenvalue weighted by Gasteiger charge is -1.94. The van der Waals surface area contributed by atoms with E-state index >= 15 is 0 Å². The van der Waals surface area contributed by atoms with Crippen LogP contribution in [0.15, 0.2) is 30.3 Å². The number of hydrogen-bond donors (Lipinski definition) is 2. The number of anilines is 1. The minimum absolute atomic E-state index is 0.672. The highest BCUT2D eigenvalue weighted by Gasteiger charge is 2.11. The minimum atomic E-state index is 0.672. The fourth-order valence-electron chi connectivity index (χ4n) is 1.95. The molecule has 3 N–H and O–H groups in total. The summed E-state index contributed by atoms with van der Waals surface area (Å²) in [4.78, 5) is 7.67. The molecule has 3 rings (SSSR count). The summed E-state index contributed by atoms with van der Waals surface area (Å²) in [6.07, 6.45) is 3.84. The third-order valence-electron chi connectivity index (χ3n) is 2.66. The summed E-state index contributed by atoms with van der Waals surface area (Å²) < 4.78 is 1.94. The molecular formula is C12H12N4. The second-order valence-corrected chi connectivity index (χ2v) is 3.68. The average Bonchev–Trinajstić information content (AvgIpc) is 2.78. The molecule has 1 aromatic carbocycles. The maximum atomic E-state index is 6.06. The molecule has 2 heterocycles. The third-order valence-corrected chi connectivity index (χ3v) is 2.66. The number of hydrogen-bond acceptors (Lipinski definition) is 2. The molecule has 0 atom stereocenters. The first kappa shape index (κ1) is 9.03. The van der Waals surface area contributed by atoms with Gasteiger partial charge in [0.15, 0.2) is 0 Å². The Balaban J connectivity index is 2.45. The van der Waals surface area contributed by atoms with Crippen molar-refractivity contribution in [3.05, 3.63) is 36.0 Å². The highest BCUT2D eigenvalue weighted by atomic mass is 15.2. The summed E-state index contributed by atoms with van der Waals surface area (Å²) in [5.74, 6) is 1.46. The van der Waals surface area contributed by atoms with E-state index in [2.05, 4.69) is 9.97 Å². The fourth-order valence-corrected chi connectivity index (χ4v) is 1.95. The second kappa shape index (κ2) is 3.13. The van der Waals surface area contributed by atoms with Crippen LogP contribution in [0.4, 0.5) is 5.82 Å². The number of aromatic amines is 1. The molecule has 0 bridgehead atoms. The Morgan fingerprint density at radius 1 is 1.38 bits per heavy atom. The van der Waals surface area contributed by atoms with E-state index in [4.69, 9.17) is 5.73 Å².